The highest BCUT2D eigenvalue weighted by atomic mass is 16.3. The average Bonchev–Trinajstić information content (AvgIpc) is 2.14. The van der Waals surface area contributed by atoms with Crippen LogP contribution in [0, 0.1) is 5.41 Å². The Kier molecular flexibility index (Phi) is 2.85. The van der Waals surface area contributed by atoms with E-state index in [4.69, 9.17) is 0 Å². The molecule has 1 N–H and O–H groups in total. The van der Waals surface area contributed by atoms with Crippen LogP contribution in [0.15, 0.2) is 0 Å². The number of hydrogen-bond acceptors (Lipinski definition) is 2. The number of likely N-dealkylation sites (tertiary alicyclic amines) is 1. The molecule has 2 rings (SSSR count). The van der Waals surface area contributed by atoms with Gasteiger partial charge in [0, 0.05) is 19.1 Å². The lowest BCUT2D eigenvalue weighted by molar-refractivity contribution is -0.0757. The quantitative estimate of drug-likeness (QED) is 0.732. The van der Waals surface area contributed by atoms with Crippen LogP contribution in [0.4, 0.5) is 0 Å². The van der Waals surface area contributed by atoms with E-state index < -0.39 is 0 Å². The summed E-state index contributed by atoms with van der Waals surface area (Å²) in [5.74, 6) is 0. The summed E-state index contributed by atoms with van der Waals surface area (Å²) < 4.78 is 0. The van der Waals surface area contributed by atoms with Crippen LogP contribution in [0.5, 0.6) is 0 Å². The van der Waals surface area contributed by atoms with Crippen molar-refractivity contribution in [3.63, 3.8) is 0 Å². The molecule has 2 aliphatic rings. The highest BCUT2D eigenvalue weighted by Crippen LogP contribution is 2.37. The zero-order valence-electron chi connectivity index (χ0n) is 9.50. The van der Waals surface area contributed by atoms with Crippen molar-refractivity contribution < 1.29 is 5.11 Å². The fourth-order valence-electron chi connectivity index (χ4n) is 2.91. The molecule has 0 aromatic carbocycles. The molecule has 14 heavy (non-hydrogen) atoms. The van der Waals surface area contributed by atoms with Gasteiger partial charge in [-0.1, -0.05) is 26.7 Å². The summed E-state index contributed by atoms with van der Waals surface area (Å²) in [6.07, 6.45) is 5.97. The molecule has 0 unspecified atom stereocenters. The third-order valence-electron chi connectivity index (χ3n) is 4.19. The number of aliphatic hydroxyl groups is 1. The van der Waals surface area contributed by atoms with E-state index in [2.05, 4.69) is 18.7 Å². The summed E-state index contributed by atoms with van der Waals surface area (Å²) in [5, 5.41) is 9.91. The van der Waals surface area contributed by atoms with Crippen molar-refractivity contribution in [1.82, 2.24) is 4.90 Å². The highest BCUT2D eigenvalue weighted by Gasteiger charge is 2.42. The zero-order chi connectivity index (χ0) is 10.2. The Bertz CT molecular complexity index is 198. The second kappa shape index (κ2) is 3.82. The van der Waals surface area contributed by atoms with Crippen molar-refractivity contribution in [3.05, 3.63) is 0 Å². The fraction of sp³-hybridized carbons (Fsp3) is 1.00. The molecular weight excluding hydrogens is 174 g/mol. The van der Waals surface area contributed by atoms with Crippen molar-refractivity contribution in [1.29, 1.82) is 0 Å². The van der Waals surface area contributed by atoms with Crippen LogP contribution in [0.2, 0.25) is 0 Å². The minimum atomic E-state index is -0.0508. The molecule has 1 saturated heterocycles. The third kappa shape index (κ3) is 1.82. The van der Waals surface area contributed by atoms with Gasteiger partial charge >= 0.3 is 0 Å². The minimum absolute atomic E-state index is 0.0508. The second-order valence-electron chi connectivity index (χ2n) is 5.49. The molecule has 2 nitrogen and oxygen atoms in total. The van der Waals surface area contributed by atoms with E-state index in [1.165, 1.54) is 38.8 Å². The number of nitrogens with zero attached hydrogens (tertiary/aromatic N) is 1. The first-order chi connectivity index (χ1) is 6.64. The summed E-state index contributed by atoms with van der Waals surface area (Å²) in [4.78, 5) is 2.49. The second-order valence-corrected chi connectivity index (χ2v) is 5.49. The molecule has 0 bridgehead atoms. The first-order valence-electron chi connectivity index (χ1n) is 6.07. The molecule has 1 aliphatic heterocycles. The van der Waals surface area contributed by atoms with Gasteiger partial charge < -0.3 is 5.11 Å². The van der Waals surface area contributed by atoms with E-state index >= 15 is 0 Å². The van der Waals surface area contributed by atoms with E-state index in [0.29, 0.717) is 11.5 Å². The lowest BCUT2D eigenvalue weighted by Gasteiger charge is -2.53. The van der Waals surface area contributed by atoms with Crippen molar-refractivity contribution >= 4 is 0 Å². The van der Waals surface area contributed by atoms with Crippen molar-refractivity contribution in [2.75, 3.05) is 13.1 Å². The monoisotopic (exact) mass is 197 g/mol. The van der Waals surface area contributed by atoms with Crippen LogP contribution < -0.4 is 0 Å². The maximum absolute atomic E-state index is 9.91. The summed E-state index contributed by atoms with van der Waals surface area (Å²) in [7, 11) is 0. The van der Waals surface area contributed by atoms with Gasteiger partial charge in [0.25, 0.3) is 0 Å². The molecule has 1 saturated carbocycles. The molecule has 0 radical (unpaired) electrons. The Morgan fingerprint density at radius 2 is 1.93 bits per heavy atom. The van der Waals surface area contributed by atoms with Gasteiger partial charge in [0.15, 0.2) is 0 Å². The van der Waals surface area contributed by atoms with E-state index in [9.17, 15) is 5.11 Å². The summed E-state index contributed by atoms with van der Waals surface area (Å²) in [6.45, 7) is 7.03. The average molecular weight is 197 g/mol. The predicted molar refractivity (Wildman–Crippen MR) is 58.2 cm³/mol. The van der Waals surface area contributed by atoms with Gasteiger partial charge in [-0.15, -0.1) is 0 Å². The Morgan fingerprint density at radius 1 is 1.29 bits per heavy atom. The van der Waals surface area contributed by atoms with Crippen LogP contribution in [0.3, 0.4) is 0 Å². The summed E-state index contributed by atoms with van der Waals surface area (Å²) in [5.41, 5.74) is 0.539. The minimum Gasteiger partial charge on any atom is -0.391 e. The Balaban J connectivity index is 1.86. The highest BCUT2D eigenvalue weighted by molar-refractivity contribution is 4.96. The maximum Gasteiger partial charge on any atom is 0.0695 e. The smallest absolute Gasteiger partial charge is 0.0695 e. The maximum atomic E-state index is 9.91. The van der Waals surface area contributed by atoms with E-state index in [1.54, 1.807) is 0 Å². The lowest BCUT2D eigenvalue weighted by Crippen LogP contribution is -2.61. The van der Waals surface area contributed by atoms with Crippen LogP contribution in [0.1, 0.15) is 46.0 Å². The molecule has 1 heterocycles. The molecule has 2 atom stereocenters. The third-order valence-corrected chi connectivity index (χ3v) is 4.19. The van der Waals surface area contributed by atoms with Crippen LogP contribution in [-0.2, 0) is 0 Å². The standard InChI is InChI=1S/C12H23NO/c1-3-12(2)8-13(9-12)10-6-4-5-7-11(10)14/h10-11,14H,3-9H2,1-2H3/t10-,11-/m0/s1. The molecule has 0 aromatic heterocycles. The topological polar surface area (TPSA) is 23.5 Å². The van der Waals surface area contributed by atoms with Crippen molar-refractivity contribution in [2.45, 2.75) is 58.1 Å². The van der Waals surface area contributed by atoms with E-state index in [1.807, 2.05) is 0 Å². The molecular formula is C12H23NO. The summed E-state index contributed by atoms with van der Waals surface area (Å²) in [6, 6.07) is 0.475. The SMILES string of the molecule is CCC1(C)CN([C@H]2CCCC[C@@H]2O)C1. The molecule has 2 heteroatoms. The van der Waals surface area contributed by atoms with E-state index in [-0.39, 0.29) is 6.10 Å². The largest absolute Gasteiger partial charge is 0.391 e. The molecule has 2 fully saturated rings. The van der Waals surface area contributed by atoms with E-state index in [0.717, 1.165) is 6.42 Å². The first-order valence-corrected chi connectivity index (χ1v) is 6.07. The van der Waals surface area contributed by atoms with Gasteiger partial charge in [-0.3, -0.25) is 4.90 Å². The predicted octanol–water partition coefficient (Wildman–Crippen LogP) is 2.02. The van der Waals surface area contributed by atoms with Gasteiger partial charge in [0.2, 0.25) is 0 Å². The Labute approximate surface area is 87.3 Å². The van der Waals surface area contributed by atoms with Crippen molar-refractivity contribution in [2.24, 2.45) is 5.41 Å². The zero-order valence-corrected chi connectivity index (χ0v) is 9.50. The van der Waals surface area contributed by atoms with Gasteiger partial charge in [-0.25, -0.2) is 0 Å². The van der Waals surface area contributed by atoms with Gasteiger partial charge in [-0.05, 0) is 24.7 Å². The Morgan fingerprint density at radius 3 is 2.50 bits per heavy atom. The molecule has 0 amide bonds. The molecule has 82 valence electrons. The fourth-order valence-corrected chi connectivity index (χ4v) is 2.91. The molecule has 0 spiro atoms. The van der Waals surface area contributed by atoms with Gasteiger partial charge in [-0.2, -0.15) is 0 Å². The number of aliphatic hydroxyl groups excluding tert-OH is 1. The Hall–Kier alpha value is -0.0800. The number of rotatable bonds is 2. The normalized spacial score (nSPS) is 37.9. The van der Waals surface area contributed by atoms with Gasteiger partial charge in [0.05, 0.1) is 6.10 Å². The molecule has 0 aromatic rings. The van der Waals surface area contributed by atoms with Crippen molar-refractivity contribution in [3.8, 4) is 0 Å². The van der Waals surface area contributed by atoms with Gasteiger partial charge in [0.1, 0.15) is 0 Å². The molecule has 1 aliphatic carbocycles. The van der Waals surface area contributed by atoms with Crippen LogP contribution in [0.25, 0.3) is 0 Å². The summed E-state index contributed by atoms with van der Waals surface area (Å²) >= 11 is 0. The number of hydrogen-bond donors (Lipinski definition) is 1. The first kappa shape index (κ1) is 10.4. The van der Waals surface area contributed by atoms with Crippen LogP contribution in [-0.4, -0.2) is 35.2 Å². The lowest BCUT2D eigenvalue weighted by atomic mass is 9.76. The van der Waals surface area contributed by atoms with Crippen LogP contribution >= 0.6 is 0 Å².